The molecule has 0 saturated carbocycles. The number of anilines is 1. The van der Waals surface area contributed by atoms with E-state index in [0.29, 0.717) is 11.6 Å². The minimum absolute atomic E-state index is 0.00117. The average Bonchev–Trinajstić information content (AvgIpc) is 2.39. The van der Waals surface area contributed by atoms with E-state index in [1.807, 2.05) is 30.3 Å². The SMILES string of the molecule is CNc1cccc(Oc2cccc(CO)c2)n1. The van der Waals surface area contributed by atoms with Gasteiger partial charge in [0.25, 0.3) is 0 Å². The number of nitrogens with zero attached hydrogens (tertiary/aromatic N) is 1. The second-order valence-electron chi connectivity index (χ2n) is 3.52. The summed E-state index contributed by atoms with van der Waals surface area (Å²) in [6.07, 6.45) is 0. The summed E-state index contributed by atoms with van der Waals surface area (Å²) >= 11 is 0. The average molecular weight is 230 g/mol. The first-order valence-corrected chi connectivity index (χ1v) is 5.34. The second-order valence-corrected chi connectivity index (χ2v) is 3.52. The number of nitrogens with one attached hydrogen (secondary N) is 1. The summed E-state index contributed by atoms with van der Waals surface area (Å²) in [5, 5.41) is 12.0. The van der Waals surface area contributed by atoms with Crippen LogP contribution in [-0.4, -0.2) is 17.1 Å². The topological polar surface area (TPSA) is 54.4 Å². The number of ether oxygens (including phenoxy) is 1. The predicted octanol–water partition coefficient (Wildman–Crippen LogP) is 2.41. The molecule has 0 aliphatic heterocycles. The zero-order chi connectivity index (χ0) is 12.1. The molecule has 0 saturated heterocycles. The molecule has 0 amide bonds. The van der Waals surface area contributed by atoms with E-state index >= 15 is 0 Å². The van der Waals surface area contributed by atoms with Gasteiger partial charge in [-0.15, -0.1) is 0 Å². The van der Waals surface area contributed by atoms with E-state index in [1.165, 1.54) is 0 Å². The molecule has 0 aliphatic carbocycles. The number of pyridine rings is 1. The fourth-order valence-corrected chi connectivity index (χ4v) is 1.44. The van der Waals surface area contributed by atoms with Crippen molar-refractivity contribution in [1.82, 2.24) is 4.98 Å². The molecule has 2 N–H and O–H groups in total. The third-order valence-corrected chi connectivity index (χ3v) is 2.28. The summed E-state index contributed by atoms with van der Waals surface area (Å²) in [6, 6.07) is 12.8. The zero-order valence-corrected chi connectivity index (χ0v) is 9.55. The van der Waals surface area contributed by atoms with E-state index in [-0.39, 0.29) is 6.61 Å². The number of rotatable bonds is 4. The van der Waals surface area contributed by atoms with Gasteiger partial charge in [-0.3, -0.25) is 0 Å². The Balaban J connectivity index is 2.18. The van der Waals surface area contributed by atoms with Gasteiger partial charge in [0.2, 0.25) is 5.88 Å². The Morgan fingerprint density at radius 2 is 2.06 bits per heavy atom. The Morgan fingerprint density at radius 3 is 2.82 bits per heavy atom. The molecule has 1 aromatic heterocycles. The number of aromatic nitrogens is 1. The highest BCUT2D eigenvalue weighted by atomic mass is 16.5. The van der Waals surface area contributed by atoms with Crippen LogP contribution in [0, 0.1) is 0 Å². The highest BCUT2D eigenvalue weighted by Crippen LogP contribution is 2.21. The van der Waals surface area contributed by atoms with Crippen molar-refractivity contribution in [3.63, 3.8) is 0 Å². The Bertz CT molecular complexity index is 455. The molecule has 0 spiro atoms. The van der Waals surface area contributed by atoms with Crippen LogP contribution in [0.5, 0.6) is 11.6 Å². The fraction of sp³-hybridized carbons (Fsp3) is 0.154. The molecule has 1 heterocycles. The van der Waals surface area contributed by atoms with Crippen molar-refractivity contribution in [1.29, 1.82) is 0 Å². The molecule has 4 nitrogen and oxygen atoms in total. The normalized spacial score (nSPS) is 10.0. The number of hydrogen-bond acceptors (Lipinski definition) is 4. The number of aliphatic hydroxyl groups is 1. The van der Waals surface area contributed by atoms with Crippen LogP contribution in [0.15, 0.2) is 42.5 Å². The highest BCUT2D eigenvalue weighted by Gasteiger charge is 2.00. The van der Waals surface area contributed by atoms with Crippen LogP contribution < -0.4 is 10.1 Å². The van der Waals surface area contributed by atoms with Crippen LogP contribution in [0.4, 0.5) is 5.82 Å². The van der Waals surface area contributed by atoms with Crippen LogP contribution in [0.1, 0.15) is 5.56 Å². The van der Waals surface area contributed by atoms with Crippen molar-refractivity contribution >= 4 is 5.82 Å². The molecule has 0 radical (unpaired) electrons. The standard InChI is InChI=1S/C13H14N2O2/c1-14-12-6-3-7-13(15-12)17-11-5-2-4-10(8-11)9-16/h2-8,16H,9H2,1H3,(H,14,15). The minimum Gasteiger partial charge on any atom is -0.439 e. The molecular weight excluding hydrogens is 216 g/mol. The van der Waals surface area contributed by atoms with Crippen LogP contribution in [0.3, 0.4) is 0 Å². The van der Waals surface area contributed by atoms with Gasteiger partial charge in [-0.1, -0.05) is 18.2 Å². The number of aliphatic hydroxyl groups excluding tert-OH is 1. The largest absolute Gasteiger partial charge is 0.439 e. The third kappa shape index (κ3) is 2.95. The molecule has 0 aliphatic rings. The summed E-state index contributed by atoms with van der Waals surface area (Å²) < 4.78 is 5.60. The van der Waals surface area contributed by atoms with Crippen LogP contribution >= 0.6 is 0 Å². The monoisotopic (exact) mass is 230 g/mol. The summed E-state index contributed by atoms with van der Waals surface area (Å²) in [7, 11) is 1.80. The maximum atomic E-state index is 9.03. The molecule has 1 aromatic carbocycles. The number of hydrogen-bond donors (Lipinski definition) is 2. The Morgan fingerprint density at radius 1 is 1.24 bits per heavy atom. The van der Waals surface area contributed by atoms with Gasteiger partial charge in [-0.05, 0) is 23.8 Å². The van der Waals surface area contributed by atoms with E-state index in [2.05, 4.69) is 10.3 Å². The maximum absolute atomic E-state index is 9.03. The van der Waals surface area contributed by atoms with Crippen molar-refractivity contribution < 1.29 is 9.84 Å². The van der Waals surface area contributed by atoms with Gasteiger partial charge in [0, 0.05) is 13.1 Å². The summed E-state index contributed by atoms with van der Waals surface area (Å²) in [6.45, 7) is 0.00117. The van der Waals surface area contributed by atoms with Gasteiger partial charge in [0.15, 0.2) is 0 Å². The van der Waals surface area contributed by atoms with E-state index in [9.17, 15) is 0 Å². The van der Waals surface area contributed by atoms with Crippen LogP contribution in [0.25, 0.3) is 0 Å². The predicted molar refractivity (Wildman–Crippen MR) is 66.2 cm³/mol. The van der Waals surface area contributed by atoms with Gasteiger partial charge in [0.05, 0.1) is 6.61 Å². The van der Waals surface area contributed by atoms with E-state index in [0.717, 1.165) is 11.4 Å². The van der Waals surface area contributed by atoms with Gasteiger partial charge >= 0.3 is 0 Å². The highest BCUT2D eigenvalue weighted by molar-refractivity contribution is 5.38. The van der Waals surface area contributed by atoms with Crippen molar-refractivity contribution in [2.24, 2.45) is 0 Å². The Labute approximate surface area is 99.9 Å². The Hall–Kier alpha value is -2.07. The van der Waals surface area contributed by atoms with Crippen LogP contribution in [0.2, 0.25) is 0 Å². The molecule has 17 heavy (non-hydrogen) atoms. The Kier molecular flexibility index (Phi) is 3.57. The quantitative estimate of drug-likeness (QED) is 0.846. The number of benzene rings is 1. The fourth-order valence-electron chi connectivity index (χ4n) is 1.44. The minimum atomic E-state index is 0.00117. The van der Waals surface area contributed by atoms with Crippen molar-refractivity contribution in [2.45, 2.75) is 6.61 Å². The lowest BCUT2D eigenvalue weighted by Gasteiger charge is -2.07. The second kappa shape index (κ2) is 5.32. The summed E-state index contributed by atoms with van der Waals surface area (Å²) in [5.74, 6) is 1.94. The lowest BCUT2D eigenvalue weighted by molar-refractivity contribution is 0.281. The molecule has 0 atom stereocenters. The van der Waals surface area contributed by atoms with Gasteiger partial charge in [0.1, 0.15) is 11.6 Å². The molecule has 2 aromatic rings. The van der Waals surface area contributed by atoms with Gasteiger partial charge in [-0.2, -0.15) is 4.98 Å². The molecule has 0 fully saturated rings. The lowest BCUT2D eigenvalue weighted by atomic mass is 10.2. The molecule has 2 rings (SSSR count). The molecular formula is C13H14N2O2. The molecule has 0 bridgehead atoms. The maximum Gasteiger partial charge on any atom is 0.221 e. The third-order valence-electron chi connectivity index (χ3n) is 2.28. The first kappa shape index (κ1) is 11.4. The van der Waals surface area contributed by atoms with Gasteiger partial charge < -0.3 is 15.2 Å². The smallest absolute Gasteiger partial charge is 0.221 e. The first-order chi connectivity index (χ1) is 8.31. The van der Waals surface area contributed by atoms with Crippen molar-refractivity contribution in [3.8, 4) is 11.6 Å². The molecule has 0 unspecified atom stereocenters. The van der Waals surface area contributed by atoms with Crippen molar-refractivity contribution in [3.05, 3.63) is 48.0 Å². The van der Waals surface area contributed by atoms with E-state index in [4.69, 9.17) is 9.84 Å². The first-order valence-electron chi connectivity index (χ1n) is 5.34. The zero-order valence-electron chi connectivity index (χ0n) is 9.55. The van der Waals surface area contributed by atoms with Gasteiger partial charge in [-0.25, -0.2) is 0 Å². The molecule has 4 heteroatoms. The summed E-state index contributed by atoms with van der Waals surface area (Å²) in [5.41, 5.74) is 0.812. The van der Waals surface area contributed by atoms with E-state index < -0.39 is 0 Å². The molecule has 88 valence electrons. The van der Waals surface area contributed by atoms with E-state index in [1.54, 1.807) is 19.2 Å². The lowest BCUT2D eigenvalue weighted by Crippen LogP contribution is -1.94. The van der Waals surface area contributed by atoms with Crippen LogP contribution in [-0.2, 0) is 6.61 Å². The van der Waals surface area contributed by atoms with Crippen molar-refractivity contribution in [2.75, 3.05) is 12.4 Å². The summed E-state index contributed by atoms with van der Waals surface area (Å²) in [4.78, 5) is 4.25.